The van der Waals surface area contributed by atoms with Crippen LogP contribution < -0.4 is 9.62 Å². The first-order valence-corrected chi connectivity index (χ1v) is 11.8. The summed E-state index contributed by atoms with van der Waals surface area (Å²) in [5.74, 6) is -0.469. The zero-order valence-corrected chi connectivity index (χ0v) is 19.4. The molecule has 0 spiro atoms. The van der Waals surface area contributed by atoms with E-state index in [4.69, 9.17) is 23.2 Å². The molecule has 1 amide bonds. The molecule has 0 fully saturated rings. The minimum Gasteiger partial charge on any atom is -0.348 e. The molecule has 31 heavy (non-hydrogen) atoms. The van der Waals surface area contributed by atoms with Crippen LogP contribution in [0.5, 0.6) is 0 Å². The lowest BCUT2D eigenvalue weighted by Crippen LogP contribution is -2.41. The monoisotopic (exact) mass is 476 g/mol. The van der Waals surface area contributed by atoms with Crippen LogP contribution in [0.3, 0.4) is 0 Å². The predicted octanol–water partition coefficient (Wildman–Crippen LogP) is 5.37. The Labute approximate surface area is 192 Å². The molecular weight excluding hydrogens is 455 g/mol. The lowest BCUT2D eigenvalue weighted by molar-refractivity contribution is -0.120. The van der Waals surface area contributed by atoms with E-state index in [2.05, 4.69) is 5.32 Å². The van der Waals surface area contributed by atoms with Crippen molar-refractivity contribution in [2.24, 2.45) is 0 Å². The largest absolute Gasteiger partial charge is 0.348 e. The zero-order chi connectivity index (χ0) is 22.6. The Bertz CT molecular complexity index is 1170. The standard InChI is InChI=1S/C23H22Cl2N2O3S/c1-16-11-13-18(14-12-16)17(2)26-22(28)15-27(21-10-6-9-20(24)23(21)25)31(29,30)19-7-4-3-5-8-19/h3-14,17H,15H2,1-2H3,(H,26,28)/t17-/m0/s1. The molecule has 5 nitrogen and oxygen atoms in total. The highest BCUT2D eigenvalue weighted by Gasteiger charge is 2.29. The zero-order valence-electron chi connectivity index (χ0n) is 17.0. The van der Waals surface area contributed by atoms with E-state index in [0.717, 1.165) is 15.4 Å². The molecule has 0 radical (unpaired) electrons. The molecule has 8 heteroatoms. The Balaban J connectivity index is 1.92. The number of anilines is 1. The third kappa shape index (κ3) is 5.39. The van der Waals surface area contributed by atoms with Crippen LogP contribution in [0.4, 0.5) is 5.69 Å². The summed E-state index contributed by atoms with van der Waals surface area (Å²) in [7, 11) is -4.07. The third-order valence-corrected chi connectivity index (χ3v) is 7.36. The van der Waals surface area contributed by atoms with E-state index in [0.29, 0.717) is 0 Å². The minimum absolute atomic E-state index is 0.0467. The van der Waals surface area contributed by atoms with Crippen molar-refractivity contribution in [1.29, 1.82) is 0 Å². The lowest BCUT2D eigenvalue weighted by Gasteiger charge is -2.26. The van der Waals surface area contributed by atoms with Crippen LogP contribution in [0, 0.1) is 6.92 Å². The number of benzene rings is 3. The normalized spacial score (nSPS) is 12.3. The van der Waals surface area contributed by atoms with Crippen molar-refractivity contribution in [3.8, 4) is 0 Å². The summed E-state index contributed by atoms with van der Waals surface area (Å²) in [5, 5.41) is 3.11. The summed E-state index contributed by atoms with van der Waals surface area (Å²) >= 11 is 12.4. The van der Waals surface area contributed by atoms with Crippen molar-refractivity contribution in [2.75, 3.05) is 10.8 Å². The second-order valence-corrected chi connectivity index (χ2v) is 9.75. The van der Waals surface area contributed by atoms with Crippen LogP contribution in [0.15, 0.2) is 77.7 Å². The van der Waals surface area contributed by atoms with Crippen molar-refractivity contribution >= 4 is 44.8 Å². The maximum atomic E-state index is 13.4. The topological polar surface area (TPSA) is 66.5 Å². The van der Waals surface area contributed by atoms with Crippen molar-refractivity contribution in [3.63, 3.8) is 0 Å². The van der Waals surface area contributed by atoms with Gasteiger partial charge in [-0.3, -0.25) is 9.10 Å². The molecule has 3 aromatic rings. The molecule has 3 rings (SSSR count). The van der Waals surface area contributed by atoms with E-state index in [9.17, 15) is 13.2 Å². The molecule has 3 aromatic carbocycles. The van der Waals surface area contributed by atoms with Gasteiger partial charge < -0.3 is 5.32 Å². The van der Waals surface area contributed by atoms with Gasteiger partial charge in [0.2, 0.25) is 5.91 Å². The van der Waals surface area contributed by atoms with Crippen molar-refractivity contribution in [3.05, 3.63) is 94.0 Å². The van der Waals surface area contributed by atoms with Gasteiger partial charge in [-0.1, -0.05) is 77.3 Å². The Hall–Kier alpha value is -2.54. The van der Waals surface area contributed by atoms with Gasteiger partial charge in [0.15, 0.2) is 0 Å². The summed E-state index contributed by atoms with van der Waals surface area (Å²) in [5.41, 5.74) is 2.16. The van der Waals surface area contributed by atoms with E-state index >= 15 is 0 Å². The molecule has 0 saturated heterocycles. The molecule has 1 N–H and O–H groups in total. The summed E-state index contributed by atoms with van der Waals surface area (Å²) in [6, 6.07) is 20.0. The molecule has 0 aromatic heterocycles. The number of halogens is 2. The van der Waals surface area contributed by atoms with Gasteiger partial charge in [0.25, 0.3) is 10.0 Å². The van der Waals surface area contributed by atoms with E-state index < -0.39 is 22.5 Å². The number of hydrogen-bond acceptors (Lipinski definition) is 3. The van der Waals surface area contributed by atoms with Gasteiger partial charge in [0.05, 0.1) is 26.7 Å². The maximum Gasteiger partial charge on any atom is 0.264 e. The van der Waals surface area contributed by atoms with E-state index in [1.807, 2.05) is 38.1 Å². The number of sulfonamides is 1. The quantitative estimate of drug-likeness (QED) is 0.497. The second-order valence-electron chi connectivity index (χ2n) is 7.10. The van der Waals surface area contributed by atoms with Crippen LogP contribution >= 0.6 is 23.2 Å². The van der Waals surface area contributed by atoms with Crippen molar-refractivity contribution in [2.45, 2.75) is 24.8 Å². The average molecular weight is 477 g/mol. The highest BCUT2D eigenvalue weighted by atomic mass is 35.5. The molecular formula is C23H22Cl2N2O3S. The number of amides is 1. The number of carbonyl (C=O) groups is 1. The summed E-state index contributed by atoms with van der Waals surface area (Å²) in [6.45, 7) is 3.37. The van der Waals surface area contributed by atoms with Gasteiger partial charge in [0.1, 0.15) is 6.54 Å². The summed E-state index contributed by atoms with van der Waals surface area (Å²) in [6.07, 6.45) is 0. The fourth-order valence-corrected chi connectivity index (χ4v) is 4.96. The van der Waals surface area contributed by atoms with Crippen LogP contribution in [-0.4, -0.2) is 20.9 Å². The minimum atomic E-state index is -4.07. The van der Waals surface area contributed by atoms with Gasteiger partial charge >= 0.3 is 0 Å². The fourth-order valence-electron chi connectivity index (χ4n) is 3.06. The number of carbonyl (C=O) groups excluding carboxylic acids is 1. The van der Waals surface area contributed by atoms with Crippen molar-refractivity contribution < 1.29 is 13.2 Å². The molecule has 0 bridgehead atoms. The molecule has 0 heterocycles. The van der Waals surface area contributed by atoms with Gasteiger partial charge in [-0.2, -0.15) is 0 Å². The average Bonchev–Trinajstić information content (AvgIpc) is 2.75. The van der Waals surface area contributed by atoms with Crippen LogP contribution in [0.25, 0.3) is 0 Å². The molecule has 0 aliphatic heterocycles. The van der Waals surface area contributed by atoms with Crippen LogP contribution in [-0.2, 0) is 14.8 Å². The van der Waals surface area contributed by atoms with Crippen LogP contribution in [0.1, 0.15) is 24.1 Å². The van der Waals surface area contributed by atoms with Crippen molar-refractivity contribution in [1.82, 2.24) is 5.32 Å². The van der Waals surface area contributed by atoms with Gasteiger partial charge in [-0.25, -0.2) is 8.42 Å². The molecule has 162 valence electrons. The first-order chi connectivity index (χ1) is 14.7. The van der Waals surface area contributed by atoms with Crippen LogP contribution in [0.2, 0.25) is 10.0 Å². The highest BCUT2D eigenvalue weighted by Crippen LogP contribution is 2.35. The number of hydrogen-bond donors (Lipinski definition) is 1. The maximum absolute atomic E-state index is 13.4. The molecule has 0 aliphatic carbocycles. The lowest BCUT2D eigenvalue weighted by atomic mass is 10.1. The van der Waals surface area contributed by atoms with E-state index in [-0.39, 0.29) is 26.7 Å². The summed E-state index contributed by atoms with van der Waals surface area (Å²) in [4.78, 5) is 12.9. The molecule has 0 unspecified atom stereocenters. The van der Waals surface area contributed by atoms with Gasteiger partial charge in [-0.15, -0.1) is 0 Å². The first-order valence-electron chi connectivity index (χ1n) is 9.58. The third-order valence-electron chi connectivity index (χ3n) is 4.77. The van der Waals surface area contributed by atoms with Gasteiger partial charge in [0, 0.05) is 0 Å². The highest BCUT2D eigenvalue weighted by molar-refractivity contribution is 7.92. The Morgan fingerprint density at radius 2 is 1.61 bits per heavy atom. The Morgan fingerprint density at radius 1 is 0.968 bits per heavy atom. The second kappa shape index (κ2) is 9.73. The van der Waals surface area contributed by atoms with Gasteiger partial charge in [-0.05, 0) is 43.7 Å². The Kier molecular flexibility index (Phi) is 7.26. The smallest absolute Gasteiger partial charge is 0.264 e. The Morgan fingerprint density at radius 3 is 2.26 bits per heavy atom. The first kappa shape index (κ1) is 23.1. The predicted molar refractivity (Wildman–Crippen MR) is 125 cm³/mol. The molecule has 0 saturated carbocycles. The number of nitrogens with one attached hydrogen (secondary N) is 1. The molecule has 0 aliphatic rings. The number of nitrogens with zero attached hydrogens (tertiary/aromatic N) is 1. The molecule has 1 atom stereocenters. The number of aryl methyl sites for hydroxylation is 1. The number of rotatable bonds is 7. The van der Waals surface area contributed by atoms with E-state index in [1.54, 1.807) is 30.3 Å². The van der Waals surface area contributed by atoms with E-state index in [1.165, 1.54) is 18.2 Å². The summed E-state index contributed by atoms with van der Waals surface area (Å²) < 4.78 is 27.7. The fraction of sp³-hybridized carbons (Fsp3) is 0.174. The SMILES string of the molecule is Cc1ccc([C@H](C)NC(=O)CN(c2cccc(Cl)c2Cl)S(=O)(=O)c2ccccc2)cc1.